The third-order valence-electron chi connectivity index (χ3n) is 2.57. The van der Waals surface area contributed by atoms with Gasteiger partial charge in [0, 0.05) is 12.6 Å². The highest BCUT2D eigenvalue weighted by molar-refractivity contribution is 5.85. The Kier molecular flexibility index (Phi) is 4.70. The van der Waals surface area contributed by atoms with Gasteiger partial charge in [0.1, 0.15) is 0 Å². The van der Waals surface area contributed by atoms with Gasteiger partial charge in [-0.25, -0.2) is 0 Å². The van der Waals surface area contributed by atoms with E-state index in [0.717, 1.165) is 19.5 Å². The average Bonchev–Trinajstić information content (AvgIpc) is 2.64. The van der Waals surface area contributed by atoms with Gasteiger partial charge in [0.25, 0.3) is 0 Å². The summed E-state index contributed by atoms with van der Waals surface area (Å²) in [5.41, 5.74) is 5.16. The molecular weight excluding hydrogens is 208 g/mol. The molecule has 0 aromatic heterocycles. The van der Waals surface area contributed by atoms with Crippen LogP contribution < -0.4 is 11.1 Å². The smallest absolute Gasteiger partial charge is 0.237 e. The molecule has 0 spiro atoms. The van der Waals surface area contributed by atoms with Gasteiger partial charge in [-0.15, -0.1) is 0 Å². The molecular formula is C10H20N4O2. The monoisotopic (exact) mass is 228 g/mol. The highest BCUT2D eigenvalue weighted by atomic mass is 16.2. The third kappa shape index (κ3) is 3.79. The molecule has 0 radical (unpaired) electrons. The Hall–Kier alpha value is -1.14. The van der Waals surface area contributed by atoms with Crippen LogP contribution in [0.4, 0.5) is 0 Å². The van der Waals surface area contributed by atoms with Crippen molar-refractivity contribution < 1.29 is 9.59 Å². The molecule has 0 aliphatic carbocycles. The maximum Gasteiger partial charge on any atom is 0.237 e. The summed E-state index contributed by atoms with van der Waals surface area (Å²) < 4.78 is 0. The molecule has 0 aromatic rings. The first-order chi connectivity index (χ1) is 7.50. The van der Waals surface area contributed by atoms with Gasteiger partial charge < -0.3 is 20.9 Å². The number of carbonyl (C=O) groups excluding carboxylic acids is 2. The lowest BCUT2D eigenvalue weighted by molar-refractivity contribution is -0.137. The Morgan fingerprint density at radius 3 is 2.50 bits per heavy atom. The molecule has 0 bridgehead atoms. The van der Waals surface area contributed by atoms with Gasteiger partial charge in [-0.3, -0.25) is 9.59 Å². The maximum atomic E-state index is 11.9. The van der Waals surface area contributed by atoms with E-state index in [1.807, 2.05) is 14.1 Å². The Morgan fingerprint density at radius 2 is 2.06 bits per heavy atom. The summed E-state index contributed by atoms with van der Waals surface area (Å²) >= 11 is 0. The highest BCUT2D eigenvalue weighted by Crippen LogP contribution is 2.08. The second kappa shape index (κ2) is 5.81. The van der Waals surface area contributed by atoms with Gasteiger partial charge in [0.05, 0.1) is 13.1 Å². The number of rotatable bonds is 5. The molecule has 1 saturated heterocycles. The predicted molar refractivity (Wildman–Crippen MR) is 60.7 cm³/mol. The Labute approximate surface area is 95.8 Å². The van der Waals surface area contributed by atoms with Crippen molar-refractivity contribution >= 4 is 11.8 Å². The minimum atomic E-state index is -0.459. The normalized spacial score (nSPS) is 20.1. The number of amides is 2. The molecule has 1 atom stereocenters. The van der Waals surface area contributed by atoms with Crippen molar-refractivity contribution in [3.8, 4) is 0 Å². The second-order valence-electron chi connectivity index (χ2n) is 4.37. The number of nitrogens with two attached hydrogens (primary N) is 1. The molecule has 2 amide bonds. The molecule has 1 rings (SSSR count). The fraction of sp³-hybridized carbons (Fsp3) is 0.800. The zero-order chi connectivity index (χ0) is 12.1. The van der Waals surface area contributed by atoms with E-state index in [9.17, 15) is 9.59 Å². The van der Waals surface area contributed by atoms with E-state index < -0.39 is 5.91 Å². The summed E-state index contributed by atoms with van der Waals surface area (Å²) in [4.78, 5) is 26.3. The molecule has 6 nitrogen and oxygen atoms in total. The van der Waals surface area contributed by atoms with Crippen molar-refractivity contribution in [1.29, 1.82) is 0 Å². The fourth-order valence-electron chi connectivity index (χ4n) is 1.86. The van der Waals surface area contributed by atoms with E-state index in [-0.39, 0.29) is 18.5 Å². The van der Waals surface area contributed by atoms with Gasteiger partial charge >= 0.3 is 0 Å². The summed E-state index contributed by atoms with van der Waals surface area (Å²) in [6.45, 7) is 1.95. The lowest BCUT2D eigenvalue weighted by atomic mass is 10.2. The molecule has 0 saturated carbocycles. The van der Waals surface area contributed by atoms with Crippen molar-refractivity contribution in [3.63, 3.8) is 0 Å². The van der Waals surface area contributed by atoms with Gasteiger partial charge in [-0.1, -0.05) is 0 Å². The summed E-state index contributed by atoms with van der Waals surface area (Å²) in [6, 6.07) is 0.0972. The standard InChI is InChI=1S/C10H20N4O2/c1-13(2)7-10(16)14(6-9(11)15)8-3-4-12-5-8/h8,12H,3-7H2,1-2H3,(H2,11,15). The van der Waals surface area contributed by atoms with Gasteiger partial charge in [-0.05, 0) is 27.1 Å². The molecule has 1 heterocycles. The molecule has 1 unspecified atom stereocenters. The van der Waals surface area contributed by atoms with Crippen LogP contribution in [-0.4, -0.2) is 67.9 Å². The Balaban J connectivity index is 2.61. The lowest BCUT2D eigenvalue weighted by Gasteiger charge is -2.28. The van der Waals surface area contributed by atoms with Crippen LogP contribution in [-0.2, 0) is 9.59 Å². The Morgan fingerprint density at radius 1 is 1.38 bits per heavy atom. The predicted octanol–water partition coefficient (Wildman–Crippen LogP) is -1.78. The van der Waals surface area contributed by atoms with E-state index in [4.69, 9.17) is 5.73 Å². The molecule has 6 heteroatoms. The summed E-state index contributed by atoms with van der Waals surface area (Å²) in [6.07, 6.45) is 0.881. The molecule has 1 aliphatic heterocycles. The van der Waals surface area contributed by atoms with Crippen LogP contribution in [0.15, 0.2) is 0 Å². The van der Waals surface area contributed by atoms with Crippen molar-refractivity contribution in [2.75, 3.05) is 40.3 Å². The largest absolute Gasteiger partial charge is 0.368 e. The van der Waals surface area contributed by atoms with Gasteiger partial charge in [0.2, 0.25) is 11.8 Å². The minimum Gasteiger partial charge on any atom is -0.368 e. The van der Waals surface area contributed by atoms with E-state index in [1.165, 1.54) is 0 Å². The van der Waals surface area contributed by atoms with Gasteiger partial charge in [-0.2, -0.15) is 0 Å². The van der Waals surface area contributed by atoms with E-state index in [2.05, 4.69) is 5.32 Å². The number of carbonyl (C=O) groups is 2. The highest BCUT2D eigenvalue weighted by Gasteiger charge is 2.27. The van der Waals surface area contributed by atoms with Crippen LogP contribution >= 0.6 is 0 Å². The molecule has 92 valence electrons. The first-order valence-corrected chi connectivity index (χ1v) is 5.44. The van der Waals surface area contributed by atoms with Crippen molar-refractivity contribution in [2.24, 2.45) is 5.73 Å². The van der Waals surface area contributed by atoms with E-state index in [1.54, 1.807) is 9.80 Å². The fourth-order valence-corrected chi connectivity index (χ4v) is 1.86. The van der Waals surface area contributed by atoms with Crippen LogP contribution in [0.1, 0.15) is 6.42 Å². The topological polar surface area (TPSA) is 78.7 Å². The van der Waals surface area contributed by atoms with Crippen molar-refractivity contribution in [3.05, 3.63) is 0 Å². The Bertz CT molecular complexity index is 262. The van der Waals surface area contributed by atoms with Crippen LogP contribution in [0.5, 0.6) is 0 Å². The molecule has 0 aromatic carbocycles. The first-order valence-electron chi connectivity index (χ1n) is 5.44. The van der Waals surface area contributed by atoms with Crippen LogP contribution in [0.3, 0.4) is 0 Å². The quantitative estimate of drug-likeness (QED) is 0.583. The zero-order valence-corrected chi connectivity index (χ0v) is 9.90. The number of hydrogen-bond acceptors (Lipinski definition) is 4. The molecule has 16 heavy (non-hydrogen) atoms. The van der Waals surface area contributed by atoms with E-state index >= 15 is 0 Å². The number of nitrogens with one attached hydrogen (secondary N) is 1. The molecule has 1 fully saturated rings. The van der Waals surface area contributed by atoms with Crippen LogP contribution in [0.2, 0.25) is 0 Å². The number of nitrogens with zero attached hydrogens (tertiary/aromatic N) is 2. The van der Waals surface area contributed by atoms with Crippen molar-refractivity contribution in [1.82, 2.24) is 15.1 Å². The second-order valence-corrected chi connectivity index (χ2v) is 4.37. The van der Waals surface area contributed by atoms with Crippen molar-refractivity contribution in [2.45, 2.75) is 12.5 Å². The number of likely N-dealkylation sites (N-methyl/N-ethyl adjacent to an activating group) is 1. The number of primary amides is 1. The summed E-state index contributed by atoms with van der Waals surface area (Å²) in [5, 5.41) is 3.17. The van der Waals surface area contributed by atoms with E-state index in [0.29, 0.717) is 6.54 Å². The molecule has 1 aliphatic rings. The number of hydrogen-bond donors (Lipinski definition) is 2. The summed E-state index contributed by atoms with van der Waals surface area (Å²) in [5.74, 6) is -0.503. The third-order valence-corrected chi connectivity index (χ3v) is 2.57. The lowest BCUT2D eigenvalue weighted by Crippen LogP contribution is -2.49. The SMILES string of the molecule is CN(C)CC(=O)N(CC(N)=O)C1CCNC1. The molecule has 3 N–H and O–H groups in total. The van der Waals surface area contributed by atoms with Crippen LogP contribution in [0.25, 0.3) is 0 Å². The maximum absolute atomic E-state index is 11.9. The van der Waals surface area contributed by atoms with Crippen LogP contribution in [0, 0.1) is 0 Å². The first kappa shape index (κ1) is 12.9. The summed E-state index contributed by atoms with van der Waals surface area (Å²) in [7, 11) is 3.65. The zero-order valence-electron chi connectivity index (χ0n) is 9.90. The average molecular weight is 228 g/mol. The minimum absolute atomic E-state index is 0.0129. The van der Waals surface area contributed by atoms with Gasteiger partial charge in [0.15, 0.2) is 0 Å².